The molecule has 2 aromatic rings. The second-order valence-corrected chi connectivity index (χ2v) is 8.65. The number of benzene rings is 2. The van der Waals surface area contributed by atoms with Gasteiger partial charge in [0.05, 0.1) is 6.16 Å². The largest absolute Gasteiger partial charge is 0.326 e. The summed E-state index contributed by atoms with van der Waals surface area (Å²) < 4.78 is 37.5. The van der Waals surface area contributed by atoms with E-state index in [1.165, 1.54) is 24.3 Å². The Morgan fingerprint density at radius 3 is 1.63 bits per heavy atom. The van der Waals surface area contributed by atoms with Crippen LogP contribution in [0.4, 0.5) is 8.78 Å². The molecule has 1 aliphatic heterocycles. The van der Waals surface area contributed by atoms with Crippen LogP contribution in [-0.2, 0) is 9.36 Å². The molecule has 30 heavy (non-hydrogen) atoms. The number of Topliss-reactive ketones (excluding diaryl/α,β-unsaturated/α-hetero) is 1. The Bertz CT molecular complexity index is 933. The maximum absolute atomic E-state index is 13.1. The van der Waals surface area contributed by atoms with Gasteiger partial charge in [0.2, 0.25) is 0 Å². The van der Waals surface area contributed by atoms with Gasteiger partial charge in [-0.05, 0) is 47.5 Å². The molecule has 1 heterocycles. The number of ketones is 1. The Labute approximate surface area is 183 Å². The van der Waals surface area contributed by atoms with E-state index < -0.39 is 7.60 Å². The number of nitrogens with zero attached hydrogens (tertiary/aromatic N) is 1. The van der Waals surface area contributed by atoms with Crippen molar-refractivity contribution in [2.24, 2.45) is 0 Å². The minimum atomic E-state index is -4.18. The van der Waals surface area contributed by atoms with Crippen LogP contribution in [0.1, 0.15) is 11.1 Å². The number of hydrogen-bond acceptors (Lipinski definition) is 3. The van der Waals surface area contributed by atoms with E-state index in [-0.39, 0.29) is 60.2 Å². The smallest absolute Gasteiger partial charge is 0.324 e. The van der Waals surface area contributed by atoms with E-state index in [0.29, 0.717) is 22.3 Å². The Kier molecular flexibility index (Phi) is 8.41. The molecule has 9 heteroatoms. The molecule has 0 radical (unpaired) electrons. The predicted octanol–water partition coefficient (Wildman–Crippen LogP) is 4.07. The normalized spacial score (nSPS) is 17.9. The third kappa shape index (κ3) is 7.07. The molecule has 1 aliphatic rings. The summed E-state index contributed by atoms with van der Waals surface area (Å²) in [5.41, 5.74) is 2.16. The molecule has 0 atom stereocenters. The van der Waals surface area contributed by atoms with Crippen molar-refractivity contribution in [1.82, 2.24) is 4.90 Å². The molecule has 0 unspecified atom stereocenters. The van der Waals surface area contributed by atoms with Gasteiger partial charge in [0.1, 0.15) is 11.6 Å². The molecular formula is C21H21BrF2NO4P. The second kappa shape index (κ2) is 10.4. The zero-order valence-electron chi connectivity index (χ0n) is 15.9. The molecule has 0 bridgehead atoms. The lowest BCUT2D eigenvalue weighted by molar-refractivity contribution is -0.113. The number of hydrogen-bond donors (Lipinski definition) is 2. The van der Waals surface area contributed by atoms with Crippen molar-refractivity contribution in [3.63, 3.8) is 0 Å². The Morgan fingerprint density at radius 1 is 0.867 bits per heavy atom. The van der Waals surface area contributed by atoms with Crippen LogP contribution in [0.25, 0.3) is 12.2 Å². The molecule has 0 saturated carbocycles. The van der Waals surface area contributed by atoms with Crippen LogP contribution in [0.3, 0.4) is 0 Å². The van der Waals surface area contributed by atoms with Crippen LogP contribution in [0.5, 0.6) is 0 Å². The minimum Gasteiger partial charge on any atom is -0.324 e. The van der Waals surface area contributed by atoms with Gasteiger partial charge in [-0.25, -0.2) is 8.78 Å². The van der Waals surface area contributed by atoms with Crippen molar-refractivity contribution < 1.29 is 27.9 Å². The van der Waals surface area contributed by atoms with Crippen molar-refractivity contribution >= 4 is 42.5 Å². The fourth-order valence-electron chi connectivity index (χ4n) is 3.06. The Hall–Kier alpha value is -1.96. The van der Waals surface area contributed by atoms with Crippen molar-refractivity contribution in [3.05, 3.63) is 82.4 Å². The van der Waals surface area contributed by atoms with Gasteiger partial charge >= 0.3 is 7.60 Å². The lowest BCUT2D eigenvalue weighted by atomic mass is 9.94. The molecule has 1 fully saturated rings. The van der Waals surface area contributed by atoms with Crippen LogP contribution < -0.4 is 0 Å². The number of likely N-dealkylation sites (tertiary alicyclic amines) is 1. The van der Waals surface area contributed by atoms with Crippen molar-refractivity contribution in [2.75, 3.05) is 25.8 Å². The van der Waals surface area contributed by atoms with E-state index in [4.69, 9.17) is 0 Å². The molecule has 2 N–H and O–H groups in total. The fourth-order valence-corrected chi connectivity index (χ4v) is 3.60. The quantitative estimate of drug-likeness (QED) is 0.478. The maximum Gasteiger partial charge on any atom is 0.326 e. The van der Waals surface area contributed by atoms with Crippen LogP contribution in [-0.4, -0.2) is 46.3 Å². The van der Waals surface area contributed by atoms with Gasteiger partial charge in [0, 0.05) is 30.8 Å². The molecule has 0 spiro atoms. The molecule has 160 valence electrons. The van der Waals surface area contributed by atoms with Crippen LogP contribution in [0, 0.1) is 11.6 Å². The number of rotatable bonds is 5. The summed E-state index contributed by atoms with van der Waals surface area (Å²) in [5, 5.41) is 0. The Morgan fingerprint density at radius 2 is 1.27 bits per heavy atom. The first kappa shape index (κ1) is 24.3. The van der Waals surface area contributed by atoms with E-state index in [1.54, 1.807) is 41.3 Å². The molecule has 1 saturated heterocycles. The average Bonchev–Trinajstić information content (AvgIpc) is 2.66. The maximum atomic E-state index is 13.1. The third-order valence-electron chi connectivity index (χ3n) is 4.50. The monoisotopic (exact) mass is 499 g/mol. The van der Waals surface area contributed by atoms with Gasteiger partial charge in [-0.3, -0.25) is 14.3 Å². The van der Waals surface area contributed by atoms with Gasteiger partial charge in [0.15, 0.2) is 5.78 Å². The highest BCUT2D eigenvalue weighted by molar-refractivity contribution is 8.93. The highest BCUT2D eigenvalue weighted by atomic mass is 79.9. The SMILES string of the molecule is Br.O=C1/C(=C/c2ccc(F)cc2)CN(CCP(=O)(O)O)C/C1=C\c1ccc(F)cc1. The van der Waals surface area contributed by atoms with E-state index in [1.807, 2.05) is 0 Å². The van der Waals surface area contributed by atoms with E-state index >= 15 is 0 Å². The van der Waals surface area contributed by atoms with E-state index in [2.05, 4.69) is 0 Å². The number of piperidine rings is 1. The van der Waals surface area contributed by atoms with Crippen molar-refractivity contribution in [2.45, 2.75) is 0 Å². The van der Waals surface area contributed by atoms with Crippen LogP contribution in [0.15, 0.2) is 59.7 Å². The highest BCUT2D eigenvalue weighted by Crippen LogP contribution is 2.34. The molecule has 2 aromatic carbocycles. The van der Waals surface area contributed by atoms with Crippen molar-refractivity contribution in [3.8, 4) is 0 Å². The minimum absolute atomic E-state index is 0. The zero-order chi connectivity index (χ0) is 21.0. The predicted molar refractivity (Wildman–Crippen MR) is 117 cm³/mol. The van der Waals surface area contributed by atoms with Crippen LogP contribution >= 0.6 is 24.6 Å². The summed E-state index contributed by atoms with van der Waals surface area (Å²) in [4.78, 5) is 33.1. The standard InChI is InChI=1S/C21H20F2NO4P.BrH/c22-19-5-1-15(2-6-19)11-17-13-24(9-10-29(26,27)28)14-18(21(17)25)12-16-3-7-20(23)8-4-16;/h1-8,11-12H,9-10,13-14H2,(H2,26,27,28);1H/b17-11+,18-12+;. The summed E-state index contributed by atoms with van der Waals surface area (Å²) in [6, 6.07) is 11.4. The first-order chi connectivity index (χ1) is 13.7. The molecule has 0 aliphatic carbocycles. The fraction of sp³-hybridized carbons (Fsp3) is 0.190. The molecule has 0 aromatic heterocycles. The lowest BCUT2D eigenvalue weighted by Crippen LogP contribution is -2.39. The Balaban J connectivity index is 0.00000320. The van der Waals surface area contributed by atoms with Gasteiger partial charge in [-0.2, -0.15) is 0 Å². The summed E-state index contributed by atoms with van der Waals surface area (Å²) >= 11 is 0. The molecule has 0 amide bonds. The number of carbonyl (C=O) groups excluding carboxylic acids is 1. The molecule has 3 rings (SSSR count). The first-order valence-electron chi connectivity index (χ1n) is 8.93. The number of carbonyl (C=O) groups is 1. The van der Waals surface area contributed by atoms with Crippen molar-refractivity contribution in [1.29, 1.82) is 0 Å². The second-order valence-electron chi connectivity index (χ2n) is 6.87. The lowest BCUT2D eigenvalue weighted by Gasteiger charge is -2.29. The van der Waals surface area contributed by atoms with Gasteiger partial charge in [-0.15, -0.1) is 17.0 Å². The molecule has 5 nitrogen and oxygen atoms in total. The summed E-state index contributed by atoms with van der Waals surface area (Å²) in [7, 11) is -4.18. The van der Waals surface area contributed by atoms with Gasteiger partial charge in [0.25, 0.3) is 0 Å². The summed E-state index contributed by atoms with van der Waals surface area (Å²) in [6.07, 6.45) is 2.96. The summed E-state index contributed by atoms with van der Waals surface area (Å²) in [5.74, 6) is -0.976. The third-order valence-corrected chi connectivity index (χ3v) is 5.28. The number of halogens is 3. The zero-order valence-corrected chi connectivity index (χ0v) is 18.5. The van der Waals surface area contributed by atoms with E-state index in [9.17, 15) is 27.9 Å². The highest BCUT2D eigenvalue weighted by Gasteiger charge is 2.27. The first-order valence-corrected chi connectivity index (χ1v) is 10.7. The van der Waals surface area contributed by atoms with Crippen LogP contribution in [0.2, 0.25) is 0 Å². The summed E-state index contributed by atoms with van der Waals surface area (Å²) in [6.45, 7) is 0.549. The van der Waals surface area contributed by atoms with E-state index in [0.717, 1.165) is 0 Å². The van der Waals surface area contributed by atoms with Gasteiger partial charge in [-0.1, -0.05) is 24.3 Å². The molecular weight excluding hydrogens is 479 g/mol. The topological polar surface area (TPSA) is 77.8 Å². The van der Waals surface area contributed by atoms with Gasteiger partial charge < -0.3 is 9.79 Å². The average molecular weight is 500 g/mol.